The Hall–Kier alpha value is -3.94. The number of ether oxygens (including phenoxy) is 5. The van der Waals surface area contributed by atoms with Gasteiger partial charge in [0, 0.05) is 11.1 Å². The second-order valence-electron chi connectivity index (χ2n) is 7.45. The molecule has 0 aliphatic carbocycles. The van der Waals surface area contributed by atoms with Gasteiger partial charge in [-0.3, -0.25) is 9.69 Å². The maximum absolute atomic E-state index is 13.4. The molecule has 2 aromatic carbocycles. The molecule has 1 amide bonds. The zero-order valence-electron chi connectivity index (χ0n) is 20.0. The van der Waals surface area contributed by atoms with Gasteiger partial charge >= 0.3 is 6.09 Å². The number of carbonyl (C=O) groups is 2. The summed E-state index contributed by atoms with van der Waals surface area (Å²) in [6.07, 6.45) is 3.02. The Balaban J connectivity index is 2.02. The Morgan fingerprint density at radius 3 is 1.62 bits per heavy atom. The summed E-state index contributed by atoms with van der Waals surface area (Å²) in [5, 5.41) is 0. The standard InChI is InChI=1S/C26H29NO7/c1-6-34-26(29)27-15-19(11-17-7-9-21(30-2)23(13-17)32-4)25(28)20(16-27)12-18-8-10-22(31-3)24(14-18)33-5/h7-14H,6,15-16H2,1-5H3/b19-11-,20-12-. The van der Waals surface area contributed by atoms with E-state index >= 15 is 0 Å². The lowest BCUT2D eigenvalue weighted by molar-refractivity contribution is -0.113. The fourth-order valence-electron chi connectivity index (χ4n) is 3.67. The van der Waals surface area contributed by atoms with Crippen LogP contribution in [0.5, 0.6) is 23.0 Å². The fourth-order valence-corrected chi connectivity index (χ4v) is 3.67. The number of rotatable bonds is 7. The topological polar surface area (TPSA) is 83.5 Å². The molecular formula is C26H29NO7. The predicted octanol–water partition coefficient (Wildman–Crippen LogP) is 4.23. The quantitative estimate of drug-likeness (QED) is 0.564. The largest absolute Gasteiger partial charge is 0.493 e. The smallest absolute Gasteiger partial charge is 0.410 e. The van der Waals surface area contributed by atoms with Crippen molar-refractivity contribution >= 4 is 24.0 Å². The molecule has 180 valence electrons. The van der Waals surface area contributed by atoms with Crippen LogP contribution in [-0.2, 0) is 9.53 Å². The SMILES string of the molecule is CCOC(=O)N1C/C(=C/c2ccc(OC)c(OC)c2)C(=O)/C(=C\c2ccc(OC)c(OC)c2)C1. The van der Waals surface area contributed by atoms with Gasteiger partial charge in [-0.25, -0.2) is 4.79 Å². The molecule has 8 heteroatoms. The molecule has 1 aliphatic rings. The summed E-state index contributed by atoms with van der Waals surface area (Å²) in [7, 11) is 6.21. The highest BCUT2D eigenvalue weighted by Crippen LogP contribution is 2.31. The van der Waals surface area contributed by atoms with E-state index < -0.39 is 6.09 Å². The number of piperidine rings is 1. The van der Waals surface area contributed by atoms with E-state index in [1.807, 2.05) is 12.1 Å². The van der Waals surface area contributed by atoms with Crippen LogP contribution in [0.1, 0.15) is 18.1 Å². The summed E-state index contributed by atoms with van der Waals surface area (Å²) in [6.45, 7) is 2.26. The average Bonchev–Trinajstić information content (AvgIpc) is 2.86. The number of carbonyl (C=O) groups excluding carboxylic acids is 2. The van der Waals surface area contributed by atoms with E-state index in [2.05, 4.69) is 0 Å². The van der Waals surface area contributed by atoms with E-state index in [1.54, 1.807) is 71.8 Å². The highest BCUT2D eigenvalue weighted by Gasteiger charge is 2.30. The van der Waals surface area contributed by atoms with Crippen LogP contribution < -0.4 is 18.9 Å². The molecule has 1 heterocycles. The van der Waals surface area contributed by atoms with Crippen molar-refractivity contribution in [2.24, 2.45) is 0 Å². The second-order valence-corrected chi connectivity index (χ2v) is 7.45. The number of methoxy groups -OCH3 is 4. The average molecular weight is 468 g/mol. The van der Waals surface area contributed by atoms with Crippen molar-refractivity contribution < 1.29 is 33.3 Å². The summed E-state index contributed by atoms with van der Waals surface area (Å²) >= 11 is 0. The summed E-state index contributed by atoms with van der Waals surface area (Å²) < 4.78 is 26.5. The first-order valence-corrected chi connectivity index (χ1v) is 10.8. The molecule has 0 unspecified atom stereocenters. The summed E-state index contributed by atoms with van der Waals surface area (Å²) in [5.41, 5.74) is 2.41. The molecule has 0 aromatic heterocycles. The van der Waals surface area contributed by atoms with Crippen LogP contribution in [0.2, 0.25) is 0 Å². The summed E-state index contributed by atoms with van der Waals surface area (Å²) in [5.74, 6) is 2.11. The first kappa shape index (κ1) is 24.7. The van der Waals surface area contributed by atoms with Gasteiger partial charge in [-0.15, -0.1) is 0 Å². The number of hydrogen-bond donors (Lipinski definition) is 0. The molecule has 1 fully saturated rings. The number of likely N-dealkylation sites (tertiary alicyclic amines) is 1. The molecule has 3 rings (SSSR count). The number of amides is 1. The minimum Gasteiger partial charge on any atom is -0.493 e. The van der Waals surface area contributed by atoms with Gasteiger partial charge in [-0.2, -0.15) is 0 Å². The number of ketones is 1. The minimum absolute atomic E-state index is 0.134. The van der Waals surface area contributed by atoms with Crippen LogP contribution >= 0.6 is 0 Å². The Kier molecular flexibility index (Phi) is 8.19. The van der Waals surface area contributed by atoms with Crippen LogP contribution in [0.25, 0.3) is 12.2 Å². The normalized spacial score (nSPS) is 15.9. The number of Topliss-reactive ketones (excluding diaryl/α,β-unsaturated/α-hetero) is 1. The maximum Gasteiger partial charge on any atom is 0.410 e. The molecule has 1 aliphatic heterocycles. The van der Waals surface area contributed by atoms with E-state index in [0.29, 0.717) is 34.1 Å². The molecule has 0 bridgehead atoms. The summed E-state index contributed by atoms with van der Waals surface area (Å²) in [4.78, 5) is 27.4. The van der Waals surface area contributed by atoms with Gasteiger partial charge < -0.3 is 23.7 Å². The van der Waals surface area contributed by atoms with Crippen LogP contribution in [0, 0.1) is 0 Å². The van der Waals surface area contributed by atoms with Crippen molar-refractivity contribution in [2.45, 2.75) is 6.92 Å². The molecule has 2 aromatic rings. The lowest BCUT2D eigenvalue weighted by Gasteiger charge is -2.29. The van der Waals surface area contributed by atoms with Gasteiger partial charge in [0.2, 0.25) is 0 Å². The number of benzene rings is 2. The van der Waals surface area contributed by atoms with E-state index in [4.69, 9.17) is 23.7 Å². The third-order valence-electron chi connectivity index (χ3n) is 5.33. The molecule has 0 spiro atoms. The molecule has 0 atom stereocenters. The van der Waals surface area contributed by atoms with Crippen molar-refractivity contribution in [1.82, 2.24) is 4.90 Å². The first-order valence-electron chi connectivity index (χ1n) is 10.8. The Labute approximate surface area is 199 Å². The van der Waals surface area contributed by atoms with Gasteiger partial charge in [0.1, 0.15) is 0 Å². The fraction of sp³-hybridized carbons (Fsp3) is 0.308. The molecule has 34 heavy (non-hydrogen) atoms. The van der Waals surface area contributed by atoms with Crippen molar-refractivity contribution in [3.05, 3.63) is 58.7 Å². The van der Waals surface area contributed by atoms with Gasteiger partial charge in [-0.05, 0) is 54.5 Å². The number of hydrogen-bond acceptors (Lipinski definition) is 7. The Morgan fingerprint density at radius 1 is 0.794 bits per heavy atom. The van der Waals surface area contributed by atoms with Crippen molar-refractivity contribution in [2.75, 3.05) is 48.1 Å². The monoisotopic (exact) mass is 467 g/mol. The lowest BCUT2D eigenvalue weighted by atomic mass is 9.94. The van der Waals surface area contributed by atoms with Gasteiger partial charge in [-0.1, -0.05) is 12.1 Å². The third kappa shape index (κ3) is 5.51. The van der Waals surface area contributed by atoms with Crippen molar-refractivity contribution in [3.8, 4) is 23.0 Å². The third-order valence-corrected chi connectivity index (χ3v) is 5.33. The highest BCUT2D eigenvalue weighted by molar-refractivity contribution is 6.15. The predicted molar refractivity (Wildman–Crippen MR) is 129 cm³/mol. The van der Waals surface area contributed by atoms with Gasteiger partial charge in [0.05, 0.1) is 48.1 Å². The van der Waals surface area contributed by atoms with E-state index in [0.717, 1.165) is 11.1 Å². The van der Waals surface area contributed by atoms with Crippen molar-refractivity contribution in [1.29, 1.82) is 0 Å². The zero-order chi connectivity index (χ0) is 24.7. The van der Waals surface area contributed by atoms with E-state index in [9.17, 15) is 9.59 Å². The molecule has 0 radical (unpaired) electrons. The lowest BCUT2D eigenvalue weighted by Crippen LogP contribution is -2.41. The Morgan fingerprint density at radius 2 is 1.24 bits per heavy atom. The molecule has 0 N–H and O–H groups in total. The van der Waals surface area contributed by atoms with Crippen molar-refractivity contribution in [3.63, 3.8) is 0 Å². The molecule has 0 saturated carbocycles. The van der Waals surface area contributed by atoms with Crippen LogP contribution in [0.3, 0.4) is 0 Å². The van der Waals surface area contributed by atoms with Crippen LogP contribution in [-0.4, -0.2) is 64.9 Å². The second kappa shape index (κ2) is 11.3. The molecular weight excluding hydrogens is 438 g/mol. The van der Waals surface area contributed by atoms with Crippen LogP contribution in [0.15, 0.2) is 47.5 Å². The van der Waals surface area contributed by atoms with Crippen LogP contribution in [0.4, 0.5) is 4.79 Å². The van der Waals surface area contributed by atoms with E-state index in [-0.39, 0.29) is 25.5 Å². The van der Waals surface area contributed by atoms with E-state index in [1.165, 1.54) is 4.90 Å². The minimum atomic E-state index is -0.480. The van der Waals surface area contributed by atoms with Gasteiger partial charge in [0.15, 0.2) is 28.8 Å². The highest BCUT2D eigenvalue weighted by atomic mass is 16.6. The molecule has 1 saturated heterocycles. The Bertz CT molecular complexity index is 1040. The first-order chi connectivity index (χ1) is 16.4. The number of nitrogens with zero attached hydrogens (tertiary/aromatic N) is 1. The zero-order valence-corrected chi connectivity index (χ0v) is 20.0. The van der Waals surface area contributed by atoms with Gasteiger partial charge in [0.25, 0.3) is 0 Å². The molecule has 8 nitrogen and oxygen atoms in total. The summed E-state index contributed by atoms with van der Waals surface area (Å²) in [6, 6.07) is 10.7. The maximum atomic E-state index is 13.4.